The van der Waals surface area contributed by atoms with Crippen LogP contribution >= 0.6 is 11.6 Å². The molecule has 0 heterocycles. The topological polar surface area (TPSA) is 86.8 Å². The number of anilines is 1. The highest BCUT2D eigenvalue weighted by atomic mass is 35.5. The van der Waals surface area contributed by atoms with E-state index in [0.29, 0.717) is 16.3 Å². The van der Waals surface area contributed by atoms with Gasteiger partial charge in [0.25, 0.3) is 10.0 Å². The summed E-state index contributed by atoms with van der Waals surface area (Å²) in [7, 11) is -4.12. The van der Waals surface area contributed by atoms with Crippen LogP contribution in [0.15, 0.2) is 77.7 Å². The number of sulfonamides is 1. The Morgan fingerprint density at radius 1 is 0.949 bits per heavy atom. The minimum absolute atomic E-state index is 0.0555. The number of halogens is 1. The van der Waals surface area contributed by atoms with Crippen molar-refractivity contribution < 1.29 is 18.0 Å². The largest absolute Gasteiger partial charge is 0.352 e. The van der Waals surface area contributed by atoms with Crippen molar-refractivity contribution >= 4 is 39.1 Å². The van der Waals surface area contributed by atoms with E-state index in [2.05, 4.69) is 5.32 Å². The minimum Gasteiger partial charge on any atom is -0.352 e. The van der Waals surface area contributed by atoms with E-state index in [0.717, 1.165) is 21.9 Å². The Morgan fingerprint density at radius 3 is 2.26 bits per heavy atom. The normalized spacial score (nSPS) is 12.9. The van der Waals surface area contributed by atoms with E-state index in [1.54, 1.807) is 50.2 Å². The molecule has 9 heteroatoms. The molecule has 208 valence electrons. The monoisotopic (exact) mass is 569 g/mol. The summed E-state index contributed by atoms with van der Waals surface area (Å²) in [5, 5.41) is 3.39. The number of hydrogen-bond acceptors (Lipinski definition) is 4. The molecule has 0 aliphatic heterocycles. The lowest BCUT2D eigenvalue weighted by atomic mass is 10.1. The van der Waals surface area contributed by atoms with Crippen molar-refractivity contribution in [3.05, 3.63) is 94.5 Å². The van der Waals surface area contributed by atoms with Gasteiger partial charge in [-0.3, -0.25) is 13.9 Å². The SMILES string of the molecule is CC[C@@H](C)NC(=O)[C@H](C)N(Cc1cccc(C)c1)C(=O)CN(c1ccc(Cl)cc1C)S(=O)(=O)c1ccccc1. The van der Waals surface area contributed by atoms with Crippen LogP contribution in [0.4, 0.5) is 5.69 Å². The zero-order valence-electron chi connectivity index (χ0n) is 23.0. The number of aryl methyl sites for hydroxylation is 2. The Balaban J connectivity index is 2.05. The highest BCUT2D eigenvalue weighted by Gasteiger charge is 2.33. The Labute approximate surface area is 236 Å². The average Bonchev–Trinajstić information content (AvgIpc) is 2.90. The number of benzene rings is 3. The van der Waals surface area contributed by atoms with E-state index in [-0.39, 0.29) is 23.4 Å². The molecule has 39 heavy (non-hydrogen) atoms. The van der Waals surface area contributed by atoms with Crippen LogP contribution < -0.4 is 9.62 Å². The summed E-state index contributed by atoms with van der Waals surface area (Å²) in [6.07, 6.45) is 0.739. The molecule has 3 aromatic rings. The van der Waals surface area contributed by atoms with E-state index in [4.69, 9.17) is 11.6 Å². The van der Waals surface area contributed by atoms with Gasteiger partial charge in [0.1, 0.15) is 12.6 Å². The van der Waals surface area contributed by atoms with Crippen molar-refractivity contribution in [2.75, 3.05) is 10.8 Å². The lowest BCUT2D eigenvalue weighted by Crippen LogP contribution is -2.52. The van der Waals surface area contributed by atoms with Crippen molar-refractivity contribution in [2.45, 2.75) is 64.6 Å². The first kappa shape index (κ1) is 30.2. The van der Waals surface area contributed by atoms with Gasteiger partial charge < -0.3 is 10.2 Å². The number of carbonyl (C=O) groups excluding carboxylic acids is 2. The van der Waals surface area contributed by atoms with Gasteiger partial charge in [0, 0.05) is 17.6 Å². The van der Waals surface area contributed by atoms with Crippen molar-refractivity contribution in [1.82, 2.24) is 10.2 Å². The zero-order chi connectivity index (χ0) is 28.7. The molecule has 0 bridgehead atoms. The number of nitrogens with zero attached hydrogens (tertiary/aromatic N) is 2. The first-order valence-electron chi connectivity index (χ1n) is 12.9. The molecule has 0 saturated carbocycles. The second-order valence-electron chi connectivity index (χ2n) is 9.76. The van der Waals surface area contributed by atoms with E-state index in [1.165, 1.54) is 17.0 Å². The number of nitrogens with one attached hydrogen (secondary N) is 1. The molecular weight excluding hydrogens is 534 g/mol. The van der Waals surface area contributed by atoms with Crippen LogP contribution in [0, 0.1) is 13.8 Å². The Hall–Kier alpha value is -3.36. The molecule has 2 atom stereocenters. The fraction of sp³-hybridized carbons (Fsp3) is 0.333. The summed E-state index contributed by atoms with van der Waals surface area (Å²) >= 11 is 6.15. The molecule has 0 aliphatic rings. The average molecular weight is 570 g/mol. The van der Waals surface area contributed by atoms with E-state index >= 15 is 0 Å². The summed E-state index contributed by atoms with van der Waals surface area (Å²) in [5.74, 6) is -0.803. The van der Waals surface area contributed by atoms with Gasteiger partial charge in [-0.2, -0.15) is 0 Å². The molecule has 0 aromatic heterocycles. The number of carbonyl (C=O) groups is 2. The van der Waals surface area contributed by atoms with Gasteiger partial charge in [-0.25, -0.2) is 8.42 Å². The smallest absolute Gasteiger partial charge is 0.264 e. The van der Waals surface area contributed by atoms with Gasteiger partial charge >= 0.3 is 0 Å². The van der Waals surface area contributed by atoms with Gasteiger partial charge in [0.2, 0.25) is 11.8 Å². The Morgan fingerprint density at radius 2 is 1.64 bits per heavy atom. The van der Waals surface area contributed by atoms with Crippen LogP contribution in [0.3, 0.4) is 0 Å². The number of rotatable bonds is 11. The molecule has 0 fully saturated rings. The zero-order valence-corrected chi connectivity index (χ0v) is 24.6. The number of amides is 2. The second kappa shape index (κ2) is 13.1. The second-order valence-corrected chi connectivity index (χ2v) is 12.1. The van der Waals surface area contributed by atoms with Gasteiger partial charge in [-0.05, 0) is 75.6 Å². The van der Waals surface area contributed by atoms with Gasteiger partial charge in [-0.15, -0.1) is 0 Å². The third-order valence-electron chi connectivity index (χ3n) is 6.64. The first-order valence-corrected chi connectivity index (χ1v) is 14.7. The van der Waals surface area contributed by atoms with Crippen LogP contribution in [-0.4, -0.2) is 43.8 Å². The standard InChI is InChI=1S/C30H36ClN3O4S/c1-6-23(4)32-30(36)24(5)33(19-25-12-10-11-21(2)17-25)29(35)20-34(28-16-15-26(31)18-22(28)3)39(37,38)27-13-8-7-9-14-27/h7-18,23-24H,6,19-20H2,1-5H3,(H,32,36)/t23-,24+/m1/s1. The summed E-state index contributed by atoms with van der Waals surface area (Å²) in [6.45, 7) is 8.87. The highest BCUT2D eigenvalue weighted by Crippen LogP contribution is 2.29. The molecule has 0 aliphatic carbocycles. The van der Waals surface area contributed by atoms with Crippen LogP contribution in [0.25, 0.3) is 0 Å². The molecule has 2 amide bonds. The third kappa shape index (κ3) is 7.61. The van der Waals surface area contributed by atoms with Crippen molar-refractivity contribution in [3.8, 4) is 0 Å². The van der Waals surface area contributed by atoms with Crippen molar-refractivity contribution in [3.63, 3.8) is 0 Å². The molecular formula is C30H36ClN3O4S. The fourth-order valence-corrected chi connectivity index (χ4v) is 5.91. The number of hydrogen-bond donors (Lipinski definition) is 1. The quantitative estimate of drug-likeness (QED) is 0.331. The predicted octanol–water partition coefficient (Wildman–Crippen LogP) is 5.48. The maximum atomic E-state index is 14.0. The first-order chi connectivity index (χ1) is 18.4. The van der Waals surface area contributed by atoms with Gasteiger partial charge in [0.15, 0.2) is 0 Å². The summed E-state index contributed by atoms with van der Waals surface area (Å²) in [4.78, 5) is 28.6. The highest BCUT2D eigenvalue weighted by molar-refractivity contribution is 7.92. The van der Waals surface area contributed by atoms with E-state index < -0.39 is 28.5 Å². The fourth-order valence-electron chi connectivity index (χ4n) is 4.19. The lowest BCUT2D eigenvalue weighted by molar-refractivity contribution is -0.139. The van der Waals surface area contributed by atoms with Crippen LogP contribution in [0.5, 0.6) is 0 Å². The third-order valence-corrected chi connectivity index (χ3v) is 8.65. The Bertz CT molecular complexity index is 1410. The maximum absolute atomic E-state index is 14.0. The molecule has 7 nitrogen and oxygen atoms in total. The predicted molar refractivity (Wildman–Crippen MR) is 156 cm³/mol. The van der Waals surface area contributed by atoms with Crippen molar-refractivity contribution in [1.29, 1.82) is 0 Å². The van der Waals surface area contributed by atoms with E-state index in [9.17, 15) is 18.0 Å². The molecule has 1 N–H and O–H groups in total. The van der Waals surface area contributed by atoms with Crippen LogP contribution in [0.2, 0.25) is 5.02 Å². The van der Waals surface area contributed by atoms with Gasteiger partial charge in [-0.1, -0.05) is 66.6 Å². The lowest BCUT2D eigenvalue weighted by Gasteiger charge is -2.33. The van der Waals surface area contributed by atoms with Crippen LogP contribution in [0.1, 0.15) is 43.9 Å². The summed E-state index contributed by atoms with van der Waals surface area (Å²) in [6, 6.07) is 19.6. The van der Waals surface area contributed by atoms with Crippen molar-refractivity contribution in [2.24, 2.45) is 0 Å². The molecule has 3 aromatic carbocycles. The van der Waals surface area contributed by atoms with Crippen LogP contribution in [-0.2, 0) is 26.2 Å². The molecule has 0 spiro atoms. The van der Waals surface area contributed by atoms with E-state index in [1.807, 2.05) is 45.0 Å². The molecule has 3 rings (SSSR count). The molecule has 0 unspecified atom stereocenters. The maximum Gasteiger partial charge on any atom is 0.264 e. The Kier molecular flexibility index (Phi) is 10.2. The van der Waals surface area contributed by atoms with Gasteiger partial charge in [0.05, 0.1) is 10.6 Å². The minimum atomic E-state index is -4.12. The molecule has 0 radical (unpaired) electrons. The summed E-state index contributed by atoms with van der Waals surface area (Å²) < 4.78 is 28.8. The summed E-state index contributed by atoms with van der Waals surface area (Å²) in [5.41, 5.74) is 2.79. The molecule has 0 saturated heterocycles.